The van der Waals surface area contributed by atoms with Crippen molar-refractivity contribution in [3.63, 3.8) is 0 Å². The number of allylic oxidation sites excluding steroid dienone is 2. The summed E-state index contributed by atoms with van der Waals surface area (Å²) >= 11 is 0. The van der Waals surface area contributed by atoms with Crippen LogP contribution in [0.5, 0.6) is 0 Å². The maximum Gasteiger partial charge on any atom is 0.137 e. The molecule has 0 saturated carbocycles. The molecule has 0 unspecified atom stereocenters. The third-order valence-corrected chi connectivity index (χ3v) is 12.9. The molecular weight excluding hydrogens is 765 g/mol. The molecule has 298 valence electrons. The Morgan fingerprint density at radius 3 is 1.76 bits per heavy atom. The van der Waals surface area contributed by atoms with Crippen LogP contribution in [-0.4, -0.2) is 11.6 Å². The Balaban J connectivity index is 1.14. The fraction of sp³-hybridized carbons (Fsp3) is 0.0333. The minimum Gasteiger partial charge on any atom is -0.456 e. The molecule has 3 nitrogen and oxygen atoms in total. The second kappa shape index (κ2) is 14.8. The quantitative estimate of drug-likeness (QED) is 0.162. The van der Waals surface area contributed by atoms with Gasteiger partial charge in [-0.05, 0) is 123 Å². The van der Waals surface area contributed by atoms with E-state index in [4.69, 9.17) is 4.42 Å². The van der Waals surface area contributed by atoms with Crippen molar-refractivity contribution < 1.29 is 4.42 Å². The first-order chi connectivity index (χ1) is 31.2. The average Bonchev–Trinajstić information content (AvgIpc) is 3.88. The van der Waals surface area contributed by atoms with Crippen molar-refractivity contribution in [1.82, 2.24) is 4.57 Å². The van der Waals surface area contributed by atoms with Crippen molar-refractivity contribution in [2.24, 2.45) is 0 Å². The van der Waals surface area contributed by atoms with E-state index in [2.05, 4.69) is 235 Å². The molecule has 0 saturated heterocycles. The van der Waals surface area contributed by atoms with Crippen molar-refractivity contribution >= 4 is 77.4 Å². The van der Waals surface area contributed by atoms with Gasteiger partial charge in [0.2, 0.25) is 0 Å². The van der Waals surface area contributed by atoms with Crippen molar-refractivity contribution in [2.75, 3.05) is 11.9 Å². The topological polar surface area (TPSA) is 21.3 Å². The average molecular weight is 807 g/mol. The smallest absolute Gasteiger partial charge is 0.137 e. The highest BCUT2D eigenvalue weighted by atomic mass is 16.3. The van der Waals surface area contributed by atoms with Crippen molar-refractivity contribution in [3.8, 4) is 27.9 Å². The number of nitrogens with zero attached hydrogens (tertiary/aromatic N) is 2. The lowest BCUT2D eigenvalue weighted by atomic mass is 9.82. The van der Waals surface area contributed by atoms with Gasteiger partial charge in [-0.15, -0.1) is 0 Å². The van der Waals surface area contributed by atoms with Crippen LogP contribution in [0.15, 0.2) is 217 Å². The summed E-state index contributed by atoms with van der Waals surface area (Å²) < 4.78 is 9.19. The standard InChI is InChI=1S/C60H42N2O/c1-3-4-31-57-60(51-37-41(33-35-56(51)63-57)40-32-34-54-49(36-40)43-23-16-18-30-53(43)62(54)42-21-9-6-10-22-42)55-38-50(44-24-15-17-29-52(44)61(55)2)59-47-27-13-11-25-45(47)58(39-19-7-5-8-20-39)46-26-12-14-28-48(46)59/h3-38H,1-2H3/b4-3-,57-31+,60-55-. The van der Waals surface area contributed by atoms with Gasteiger partial charge in [0.1, 0.15) is 11.0 Å². The number of furan rings is 1. The molecule has 0 fully saturated rings. The summed E-state index contributed by atoms with van der Waals surface area (Å²) in [5.41, 5.74) is 15.8. The lowest BCUT2D eigenvalue weighted by molar-refractivity contribution is 0.575. The summed E-state index contributed by atoms with van der Waals surface area (Å²) in [6, 6.07) is 70.4. The highest BCUT2D eigenvalue weighted by Crippen LogP contribution is 2.47. The van der Waals surface area contributed by atoms with Gasteiger partial charge in [0.15, 0.2) is 0 Å². The van der Waals surface area contributed by atoms with Gasteiger partial charge in [0, 0.05) is 40.1 Å². The summed E-state index contributed by atoms with van der Waals surface area (Å²) in [6.45, 7) is 2.05. The largest absolute Gasteiger partial charge is 0.456 e. The summed E-state index contributed by atoms with van der Waals surface area (Å²) in [7, 11) is 2.19. The van der Waals surface area contributed by atoms with Crippen LogP contribution >= 0.6 is 0 Å². The van der Waals surface area contributed by atoms with Crippen LogP contribution in [0.3, 0.4) is 0 Å². The monoisotopic (exact) mass is 806 g/mol. The predicted octanol–water partition coefficient (Wildman–Crippen LogP) is 14.2. The number of hydrogen-bond acceptors (Lipinski definition) is 2. The number of rotatable bonds is 5. The molecule has 3 heteroatoms. The molecule has 0 bridgehead atoms. The molecule has 2 aromatic heterocycles. The van der Waals surface area contributed by atoms with Gasteiger partial charge in [-0.25, -0.2) is 0 Å². The van der Waals surface area contributed by atoms with Gasteiger partial charge in [-0.1, -0.05) is 158 Å². The van der Waals surface area contributed by atoms with Gasteiger partial charge in [0.25, 0.3) is 0 Å². The third-order valence-electron chi connectivity index (χ3n) is 12.9. The van der Waals surface area contributed by atoms with E-state index in [1.165, 1.54) is 71.2 Å². The van der Waals surface area contributed by atoms with Gasteiger partial charge < -0.3 is 13.9 Å². The van der Waals surface area contributed by atoms with Gasteiger partial charge in [-0.3, -0.25) is 0 Å². The number of para-hydroxylation sites is 3. The number of benzene rings is 9. The minimum atomic E-state index is 0.826. The Bertz CT molecular complexity index is 3750. The first kappa shape index (κ1) is 36.7. The molecule has 11 aromatic rings. The van der Waals surface area contributed by atoms with E-state index >= 15 is 0 Å². The first-order valence-electron chi connectivity index (χ1n) is 21.7. The molecule has 1 aliphatic rings. The molecular formula is C60H42N2O. The van der Waals surface area contributed by atoms with Gasteiger partial charge >= 0.3 is 0 Å². The Hall–Kier alpha value is -8.14. The Kier molecular flexibility index (Phi) is 8.62. The molecule has 0 aliphatic carbocycles. The Morgan fingerprint density at radius 1 is 0.476 bits per heavy atom. The number of hydrogen-bond donors (Lipinski definition) is 0. The van der Waals surface area contributed by atoms with E-state index in [-0.39, 0.29) is 0 Å². The molecule has 0 atom stereocenters. The lowest BCUT2D eigenvalue weighted by Crippen LogP contribution is -2.32. The second-order valence-corrected chi connectivity index (χ2v) is 16.4. The van der Waals surface area contributed by atoms with Gasteiger partial charge in [-0.2, -0.15) is 0 Å². The summed E-state index contributed by atoms with van der Waals surface area (Å²) in [5, 5.41) is 9.52. The zero-order valence-corrected chi connectivity index (χ0v) is 35.1. The van der Waals surface area contributed by atoms with Crippen LogP contribution in [0.2, 0.25) is 0 Å². The lowest BCUT2D eigenvalue weighted by Gasteiger charge is -2.31. The molecule has 0 spiro atoms. The van der Waals surface area contributed by atoms with E-state index in [0.29, 0.717) is 0 Å². The normalized spacial score (nSPS) is 14.2. The van der Waals surface area contributed by atoms with Crippen LogP contribution in [0.1, 0.15) is 18.1 Å². The number of likely N-dealkylation sites (N-methyl/N-ethyl adjacent to an activating group) is 1. The minimum absolute atomic E-state index is 0.826. The fourth-order valence-corrected chi connectivity index (χ4v) is 10.1. The molecule has 9 aromatic carbocycles. The van der Waals surface area contributed by atoms with Gasteiger partial charge in [0.05, 0.1) is 21.9 Å². The molecule has 0 amide bonds. The molecule has 3 heterocycles. The Morgan fingerprint density at radius 2 is 1.05 bits per heavy atom. The van der Waals surface area contributed by atoms with Crippen LogP contribution in [0, 0.1) is 0 Å². The van der Waals surface area contributed by atoms with Crippen LogP contribution in [0.25, 0.3) is 99.6 Å². The van der Waals surface area contributed by atoms with Crippen molar-refractivity contribution in [1.29, 1.82) is 0 Å². The first-order valence-corrected chi connectivity index (χ1v) is 21.7. The summed E-state index contributed by atoms with van der Waals surface area (Å²) in [6.07, 6.45) is 8.65. The van der Waals surface area contributed by atoms with Crippen LogP contribution < -0.4 is 15.5 Å². The zero-order valence-electron chi connectivity index (χ0n) is 35.1. The van der Waals surface area contributed by atoms with Crippen LogP contribution in [0.4, 0.5) is 5.69 Å². The molecule has 0 radical (unpaired) electrons. The summed E-state index contributed by atoms with van der Waals surface area (Å²) in [4.78, 5) is 2.34. The molecule has 1 aliphatic heterocycles. The van der Waals surface area contributed by atoms with E-state index in [1.54, 1.807) is 0 Å². The van der Waals surface area contributed by atoms with Crippen molar-refractivity contribution in [3.05, 3.63) is 234 Å². The highest BCUT2D eigenvalue weighted by molar-refractivity contribution is 6.21. The molecule has 12 rings (SSSR count). The fourth-order valence-electron chi connectivity index (χ4n) is 10.1. The maximum atomic E-state index is 6.82. The predicted molar refractivity (Wildman–Crippen MR) is 267 cm³/mol. The number of fused-ring (bicyclic) bond motifs is 7. The summed E-state index contributed by atoms with van der Waals surface area (Å²) in [5.74, 6) is 0. The molecule has 63 heavy (non-hydrogen) atoms. The zero-order chi connectivity index (χ0) is 42.0. The third kappa shape index (κ3) is 5.81. The SMILES string of the molecule is C\C=C/C=c1/oc2ccc(-c3ccc4c(c3)c3ccccc3n4-c3ccccc3)cc2/c1=C1\C=C(c2c3ccccc3c(-c3ccccc3)c3ccccc23)c2ccccc2N1C. The molecule has 0 N–H and O–H groups in total. The second-order valence-electron chi connectivity index (χ2n) is 16.4. The van der Waals surface area contributed by atoms with E-state index in [9.17, 15) is 0 Å². The van der Waals surface area contributed by atoms with E-state index in [0.717, 1.165) is 49.8 Å². The van der Waals surface area contributed by atoms with E-state index < -0.39 is 0 Å². The maximum absolute atomic E-state index is 6.82. The Labute approximate surface area is 365 Å². The number of anilines is 1. The van der Waals surface area contributed by atoms with Crippen molar-refractivity contribution in [2.45, 2.75) is 6.92 Å². The highest BCUT2D eigenvalue weighted by Gasteiger charge is 2.26. The van der Waals surface area contributed by atoms with Crippen LogP contribution in [-0.2, 0) is 0 Å². The van der Waals surface area contributed by atoms with E-state index in [1.807, 2.05) is 6.92 Å². The number of aromatic nitrogens is 1.